The molecule has 0 aliphatic heterocycles. The highest BCUT2D eigenvalue weighted by molar-refractivity contribution is 5.96. The molecule has 6 atom stereocenters. The van der Waals surface area contributed by atoms with E-state index in [-0.39, 0.29) is 35.2 Å². The van der Waals surface area contributed by atoms with Gasteiger partial charge in [-0.05, 0) is 110 Å². The Balaban J connectivity index is 1.14. The molecule has 6 nitrogen and oxygen atoms in total. The van der Waals surface area contributed by atoms with Crippen LogP contribution in [0.3, 0.4) is 0 Å². The van der Waals surface area contributed by atoms with E-state index in [0.29, 0.717) is 24.8 Å². The lowest BCUT2D eigenvalue weighted by molar-refractivity contribution is -0.125. The van der Waals surface area contributed by atoms with E-state index in [4.69, 9.17) is 4.84 Å². The van der Waals surface area contributed by atoms with Crippen LogP contribution in [0, 0.1) is 28.6 Å². The van der Waals surface area contributed by atoms with Crippen LogP contribution in [0.1, 0.15) is 70.8 Å². The fourth-order valence-electron chi connectivity index (χ4n) is 7.85. The van der Waals surface area contributed by atoms with Crippen LogP contribution in [0.5, 0.6) is 5.75 Å². The quantitative estimate of drug-likeness (QED) is 0.513. The molecule has 5 rings (SSSR count). The van der Waals surface area contributed by atoms with Gasteiger partial charge in [0.1, 0.15) is 5.75 Å². The van der Waals surface area contributed by atoms with E-state index >= 15 is 0 Å². The van der Waals surface area contributed by atoms with Crippen molar-refractivity contribution in [2.45, 2.75) is 77.7 Å². The van der Waals surface area contributed by atoms with Crippen LogP contribution in [0.25, 0.3) is 0 Å². The normalized spacial score (nSPS) is 37.1. The van der Waals surface area contributed by atoms with Crippen molar-refractivity contribution >= 4 is 11.6 Å². The highest BCUT2D eigenvalue weighted by Gasteiger charge is 2.58. The van der Waals surface area contributed by atoms with Gasteiger partial charge in [-0.15, -0.1) is 0 Å². The maximum absolute atomic E-state index is 12.1. The number of allylic oxidation sites excluding steroid dienone is 2. The van der Waals surface area contributed by atoms with E-state index in [2.05, 4.69) is 30.4 Å². The summed E-state index contributed by atoms with van der Waals surface area (Å²) < 4.78 is 0. The topological polar surface area (TPSA) is 91.2 Å². The molecular weight excluding hydrogens is 440 g/mol. The molecule has 0 spiro atoms. The smallest absolute Gasteiger partial charge is 0.260 e. The Labute approximate surface area is 208 Å². The van der Waals surface area contributed by atoms with Crippen molar-refractivity contribution in [1.29, 1.82) is 0 Å². The Hall–Kier alpha value is -2.34. The van der Waals surface area contributed by atoms with Gasteiger partial charge in [0.05, 0.1) is 11.8 Å². The molecule has 3 fully saturated rings. The highest BCUT2D eigenvalue weighted by Crippen LogP contribution is 2.65. The first-order valence-electron chi connectivity index (χ1n) is 13.4. The third-order valence-electron chi connectivity index (χ3n) is 9.98. The van der Waals surface area contributed by atoms with Crippen LogP contribution in [0.15, 0.2) is 41.1 Å². The van der Waals surface area contributed by atoms with E-state index in [1.165, 1.54) is 24.8 Å². The number of aliphatic hydroxyl groups is 1. The van der Waals surface area contributed by atoms with E-state index in [0.717, 1.165) is 49.3 Å². The molecule has 3 saturated carbocycles. The van der Waals surface area contributed by atoms with Gasteiger partial charge in [0.25, 0.3) is 5.91 Å². The van der Waals surface area contributed by atoms with E-state index in [1.807, 2.05) is 12.1 Å². The van der Waals surface area contributed by atoms with Crippen LogP contribution >= 0.6 is 0 Å². The van der Waals surface area contributed by atoms with Crippen LogP contribution in [-0.4, -0.2) is 41.1 Å². The number of phenols is 1. The third-order valence-corrected chi connectivity index (χ3v) is 9.98. The number of oxime groups is 1. The van der Waals surface area contributed by atoms with E-state index in [9.17, 15) is 15.0 Å². The number of aromatic hydroxyl groups is 1. The standard InChI is InChI=1S/C29H40N2O4/c1-28-14-11-21(31-35-18-27(34)30-16-13-19-3-6-22(32)7-4-19)17-20(28)5-8-23-24-9-10-26(33)29(24,2)15-12-25(23)28/h3-4,6-7,17,23-26,32-33H,5,8-16,18H2,1-2H3,(H,30,34)/t23-,24+,25+,26+,28-,29-/m0/s1. The molecule has 6 heteroatoms. The number of hydrogen-bond acceptors (Lipinski definition) is 5. The molecule has 0 saturated heterocycles. The third kappa shape index (κ3) is 4.62. The number of nitrogens with zero attached hydrogens (tertiary/aromatic N) is 1. The summed E-state index contributed by atoms with van der Waals surface area (Å²) in [5.41, 5.74) is 3.86. The second-order valence-corrected chi connectivity index (χ2v) is 11.8. The first-order chi connectivity index (χ1) is 16.8. The molecule has 1 amide bonds. The van der Waals surface area contributed by atoms with Crippen molar-refractivity contribution in [1.82, 2.24) is 5.32 Å². The number of hydrogen-bond donors (Lipinski definition) is 3. The summed E-state index contributed by atoms with van der Waals surface area (Å²) in [4.78, 5) is 17.6. The largest absolute Gasteiger partial charge is 0.508 e. The number of amides is 1. The lowest BCUT2D eigenvalue weighted by Gasteiger charge is -2.57. The molecule has 3 N–H and O–H groups in total. The lowest BCUT2D eigenvalue weighted by atomic mass is 9.47. The predicted molar refractivity (Wildman–Crippen MR) is 136 cm³/mol. The Bertz CT molecular complexity index is 1000. The zero-order chi connectivity index (χ0) is 24.6. The molecule has 190 valence electrons. The second-order valence-electron chi connectivity index (χ2n) is 11.8. The summed E-state index contributed by atoms with van der Waals surface area (Å²) in [5, 5.41) is 27.2. The minimum Gasteiger partial charge on any atom is -0.508 e. The van der Waals surface area contributed by atoms with Crippen molar-refractivity contribution in [3.05, 3.63) is 41.5 Å². The SMILES string of the molecule is C[C@]12CC[C@@H]3[C@@H](CCC4=CC(=NOCC(=O)NCCc5ccc(O)cc5)CC[C@@]43C)[C@H]1CC[C@H]2O. The molecule has 1 aromatic rings. The maximum atomic E-state index is 12.1. The fraction of sp³-hybridized carbons (Fsp3) is 0.655. The molecule has 0 unspecified atom stereocenters. The van der Waals surface area contributed by atoms with Gasteiger partial charge in [0, 0.05) is 6.54 Å². The molecular formula is C29H40N2O4. The van der Waals surface area contributed by atoms with Gasteiger partial charge in [-0.25, -0.2) is 0 Å². The van der Waals surface area contributed by atoms with Crippen molar-refractivity contribution in [3.8, 4) is 5.75 Å². The Morgan fingerprint density at radius 2 is 1.89 bits per heavy atom. The zero-order valence-corrected chi connectivity index (χ0v) is 21.1. The van der Waals surface area contributed by atoms with E-state index < -0.39 is 0 Å². The molecule has 4 aliphatic carbocycles. The summed E-state index contributed by atoms with van der Waals surface area (Å²) in [7, 11) is 0. The van der Waals surface area contributed by atoms with Gasteiger partial charge < -0.3 is 20.4 Å². The summed E-state index contributed by atoms with van der Waals surface area (Å²) in [5.74, 6) is 2.17. The average molecular weight is 481 g/mol. The summed E-state index contributed by atoms with van der Waals surface area (Å²) in [6, 6.07) is 7.00. The number of carbonyl (C=O) groups is 1. The number of nitrogens with one attached hydrogen (secondary N) is 1. The number of benzene rings is 1. The predicted octanol–water partition coefficient (Wildman–Crippen LogP) is 4.75. The lowest BCUT2D eigenvalue weighted by Crippen LogP contribution is -2.51. The van der Waals surface area contributed by atoms with Crippen LogP contribution in [-0.2, 0) is 16.1 Å². The van der Waals surface area contributed by atoms with Crippen molar-refractivity contribution in [3.63, 3.8) is 0 Å². The average Bonchev–Trinajstić information content (AvgIpc) is 3.15. The van der Waals surface area contributed by atoms with Crippen LogP contribution in [0.4, 0.5) is 0 Å². The number of carbonyl (C=O) groups excluding carboxylic acids is 1. The van der Waals surface area contributed by atoms with Crippen LogP contribution < -0.4 is 5.32 Å². The Morgan fingerprint density at radius 3 is 2.69 bits per heavy atom. The molecule has 0 heterocycles. The number of aliphatic hydroxyl groups excluding tert-OH is 1. The van der Waals surface area contributed by atoms with Gasteiger partial charge in [0.15, 0.2) is 6.61 Å². The summed E-state index contributed by atoms with van der Waals surface area (Å²) in [6.45, 7) is 5.24. The number of phenolic OH excluding ortho intramolecular Hbond substituents is 1. The molecule has 35 heavy (non-hydrogen) atoms. The second kappa shape index (κ2) is 9.61. The summed E-state index contributed by atoms with van der Waals surface area (Å²) in [6.07, 6.45) is 11.7. The number of fused-ring (bicyclic) bond motifs is 5. The van der Waals surface area contributed by atoms with Crippen molar-refractivity contribution in [2.75, 3.05) is 13.2 Å². The molecule has 0 bridgehead atoms. The molecule has 1 aromatic carbocycles. The summed E-state index contributed by atoms with van der Waals surface area (Å²) >= 11 is 0. The molecule has 0 aromatic heterocycles. The highest BCUT2D eigenvalue weighted by atomic mass is 16.6. The van der Waals surface area contributed by atoms with Gasteiger partial charge in [-0.2, -0.15) is 0 Å². The number of rotatable bonds is 6. The maximum Gasteiger partial charge on any atom is 0.260 e. The van der Waals surface area contributed by atoms with Crippen molar-refractivity contribution < 1.29 is 19.8 Å². The van der Waals surface area contributed by atoms with Crippen LogP contribution in [0.2, 0.25) is 0 Å². The minimum absolute atomic E-state index is 0.0766. The molecule has 0 radical (unpaired) electrons. The first kappa shape index (κ1) is 24.4. The van der Waals surface area contributed by atoms with Gasteiger partial charge in [0.2, 0.25) is 0 Å². The fourth-order valence-corrected chi connectivity index (χ4v) is 7.85. The van der Waals surface area contributed by atoms with Gasteiger partial charge >= 0.3 is 0 Å². The van der Waals surface area contributed by atoms with E-state index in [1.54, 1.807) is 12.1 Å². The first-order valence-corrected chi connectivity index (χ1v) is 13.4. The minimum atomic E-state index is -0.175. The van der Waals surface area contributed by atoms with Gasteiger partial charge in [-0.3, -0.25) is 4.79 Å². The van der Waals surface area contributed by atoms with Crippen molar-refractivity contribution in [2.24, 2.45) is 33.7 Å². The van der Waals surface area contributed by atoms with Gasteiger partial charge in [-0.1, -0.05) is 36.7 Å². The Kier molecular flexibility index (Phi) is 6.69. The Morgan fingerprint density at radius 1 is 1.09 bits per heavy atom. The molecule has 4 aliphatic rings. The monoisotopic (exact) mass is 480 g/mol. The zero-order valence-electron chi connectivity index (χ0n) is 21.1.